The second-order valence-electron chi connectivity index (χ2n) is 6.60. The molecule has 0 amide bonds. The summed E-state index contributed by atoms with van der Waals surface area (Å²) in [5.74, 6) is 0.800. The third-order valence-electron chi connectivity index (χ3n) is 5.09. The molecule has 2 heterocycles. The van der Waals surface area contributed by atoms with E-state index in [9.17, 15) is 0 Å². The van der Waals surface area contributed by atoms with E-state index in [-0.39, 0.29) is 12.1 Å². The van der Waals surface area contributed by atoms with Crippen LogP contribution < -0.4 is 5.32 Å². The van der Waals surface area contributed by atoms with Crippen LogP contribution in [0.3, 0.4) is 0 Å². The summed E-state index contributed by atoms with van der Waals surface area (Å²) in [5.41, 5.74) is 2.48. The molecule has 0 unspecified atom stereocenters. The minimum absolute atomic E-state index is 0.125. The first-order valence-electron chi connectivity index (χ1n) is 8.69. The molecule has 0 spiro atoms. The van der Waals surface area contributed by atoms with Gasteiger partial charge in [-0.2, -0.15) is 10.1 Å². The van der Waals surface area contributed by atoms with Crippen molar-refractivity contribution >= 4 is 28.3 Å². The van der Waals surface area contributed by atoms with Gasteiger partial charge in [0.05, 0.1) is 12.1 Å². The van der Waals surface area contributed by atoms with Gasteiger partial charge in [-0.05, 0) is 40.5 Å². The van der Waals surface area contributed by atoms with Crippen molar-refractivity contribution in [3.8, 4) is 0 Å². The van der Waals surface area contributed by atoms with Crippen LogP contribution in [0.5, 0.6) is 0 Å². The summed E-state index contributed by atoms with van der Waals surface area (Å²) in [5, 5.41) is 11.2. The second-order valence-corrected chi connectivity index (χ2v) is 7.03. The van der Waals surface area contributed by atoms with Crippen molar-refractivity contribution in [1.82, 2.24) is 14.8 Å². The number of nitrogens with zero attached hydrogens (tertiary/aromatic N) is 3. The Hall–Kier alpha value is -2.85. The van der Waals surface area contributed by atoms with Gasteiger partial charge in [-0.1, -0.05) is 66.2 Å². The van der Waals surface area contributed by atoms with Crippen molar-refractivity contribution < 1.29 is 0 Å². The number of hydrogen-bond donors (Lipinski definition) is 1. The average Bonchev–Trinajstić information content (AvgIpc) is 3.16. The normalized spacial score (nSPS) is 19.1. The molecule has 0 aliphatic carbocycles. The van der Waals surface area contributed by atoms with Gasteiger partial charge >= 0.3 is 0 Å². The maximum atomic E-state index is 6.06. The van der Waals surface area contributed by atoms with Gasteiger partial charge in [0.2, 0.25) is 5.95 Å². The molecule has 0 radical (unpaired) electrons. The Morgan fingerprint density at radius 1 is 0.962 bits per heavy atom. The fourth-order valence-electron chi connectivity index (χ4n) is 3.83. The zero-order chi connectivity index (χ0) is 17.5. The van der Waals surface area contributed by atoms with Crippen molar-refractivity contribution in [2.45, 2.75) is 18.5 Å². The van der Waals surface area contributed by atoms with E-state index in [1.165, 1.54) is 21.9 Å². The first-order chi connectivity index (χ1) is 12.8. The number of anilines is 1. The monoisotopic (exact) mass is 360 g/mol. The summed E-state index contributed by atoms with van der Waals surface area (Å²) >= 11 is 6.06. The van der Waals surface area contributed by atoms with E-state index in [0.29, 0.717) is 0 Å². The minimum atomic E-state index is 0.125. The standard InChI is InChI=1S/C21H17ClN4/c22-16-10-8-15(9-11-16)19-12-20(26-21(25-19)23-13-24-26)18-7-3-5-14-4-1-2-6-17(14)18/h1-11,13,19-20H,12H2,(H,23,24,25)/t19-,20-/m1/s1. The molecule has 0 fully saturated rings. The predicted octanol–water partition coefficient (Wildman–Crippen LogP) is 5.23. The van der Waals surface area contributed by atoms with Crippen LogP contribution in [0.1, 0.15) is 29.6 Å². The van der Waals surface area contributed by atoms with E-state index < -0.39 is 0 Å². The molecule has 0 bridgehead atoms. The van der Waals surface area contributed by atoms with Gasteiger partial charge in [0, 0.05) is 5.02 Å². The van der Waals surface area contributed by atoms with E-state index >= 15 is 0 Å². The first kappa shape index (κ1) is 15.4. The number of halogens is 1. The molecule has 128 valence electrons. The summed E-state index contributed by atoms with van der Waals surface area (Å²) < 4.78 is 1.99. The van der Waals surface area contributed by atoms with Crippen LogP contribution in [0.25, 0.3) is 10.8 Å². The van der Waals surface area contributed by atoms with Crippen molar-refractivity contribution in [2.24, 2.45) is 0 Å². The lowest BCUT2D eigenvalue weighted by atomic mass is 9.90. The van der Waals surface area contributed by atoms with Crippen molar-refractivity contribution in [2.75, 3.05) is 5.32 Å². The zero-order valence-corrected chi connectivity index (χ0v) is 14.8. The second kappa shape index (κ2) is 6.15. The van der Waals surface area contributed by atoms with Crippen LogP contribution in [0.2, 0.25) is 5.02 Å². The largest absolute Gasteiger partial charge is 0.348 e. The Kier molecular flexibility index (Phi) is 3.64. The van der Waals surface area contributed by atoms with Gasteiger partial charge in [0.15, 0.2) is 0 Å². The number of nitrogens with one attached hydrogen (secondary N) is 1. The molecule has 1 aliphatic rings. The summed E-state index contributed by atoms with van der Waals surface area (Å²) in [7, 11) is 0. The van der Waals surface area contributed by atoms with Crippen LogP contribution in [-0.2, 0) is 0 Å². The topological polar surface area (TPSA) is 42.7 Å². The fourth-order valence-corrected chi connectivity index (χ4v) is 3.96. The molecular weight excluding hydrogens is 344 g/mol. The van der Waals surface area contributed by atoms with E-state index in [2.05, 4.69) is 70.0 Å². The Labute approximate surface area is 156 Å². The minimum Gasteiger partial charge on any atom is -0.348 e. The van der Waals surface area contributed by atoms with Gasteiger partial charge in [-0.25, -0.2) is 4.68 Å². The predicted molar refractivity (Wildman–Crippen MR) is 105 cm³/mol. The third kappa shape index (κ3) is 2.54. The summed E-state index contributed by atoms with van der Waals surface area (Å²) in [6.45, 7) is 0. The summed E-state index contributed by atoms with van der Waals surface area (Å²) in [6, 6.07) is 23.3. The number of aromatic nitrogens is 3. The zero-order valence-electron chi connectivity index (χ0n) is 14.0. The first-order valence-corrected chi connectivity index (χ1v) is 9.06. The highest BCUT2D eigenvalue weighted by Gasteiger charge is 2.30. The molecule has 4 aromatic rings. The van der Waals surface area contributed by atoms with E-state index in [4.69, 9.17) is 11.6 Å². The molecule has 3 aromatic carbocycles. The van der Waals surface area contributed by atoms with Crippen molar-refractivity contribution in [3.63, 3.8) is 0 Å². The lowest BCUT2D eigenvalue weighted by molar-refractivity contribution is 0.433. The van der Waals surface area contributed by atoms with Crippen LogP contribution in [0.4, 0.5) is 5.95 Å². The highest BCUT2D eigenvalue weighted by atomic mass is 35.5. The lowest BCUT2D eigenvalue weighted by Gasteiger charge is -2.32. The summed E-state index contributed by atoms with van der Waals surface area (Å²) in [6.07, 6.45) is 2.51. The highest BCUT2D eigenvalue weighted by Crippen LogP contribution is 2.39. The smallest absolute Gasteiger partial charge is 0.222 e. The Balaban J connectivity index is 1.62. The van der Waals surface area contributed by atoms with Gasteiger partial charge in [0.1, 0.15) is 6.33 Å². The maximum absolute atomic E-state index is 6.06. The van der Waals surface area contributed by atoms with Crippen LogP contribution in [0.15, 0.2) is 73.1 Å². The number of benzene rings is 3. The maximum Gasteiger partial charge on any atom is 0.222 e. The molecule has 1 aliphatic heterocycles. The van der Waals surface area contributed by atoms with Gasteiger partial charge in [-0.15, -0.1) is 0 Å². The Morgan fingerprint density at radius 3 is 2.65 bits per heavy atom. The summed E-state index contributed by atoms with van der Waals surface area (Å²) in [4.78, 5) is 4.42. The average molecular weight is 361 g/mol. The molecular formula is C21H17ClN4. The van der Waals surface area contributed by atoms with Gasteiger partial charge in [0.25, 0.3) is 0 Å². The van der Waals surface area contributed by atoms with Crippen LogP contribution in [-0.4, -0.2) is 14.8 Å². The van der Waals surface area contributed by atoms with Gasteiger partial charge in [-0.3, -0.25) is 0 Å². The highest BCUT2D eigenvalue weighted by molar-refractivity contribution is 6.30. The molecule has 0 saturated heterocycles. The van der Waals surface area contributed by atoms with Crippen molar-refractivity contribution in [3.05, 3.63) is 89.2 Å². The molecule has 26 heavy (non-hydrogen) atoms. The molecule has 5 rings (SSSR count). The molecule has 1 aromatic heterocycles. The third-order valence-corrected chi connectivity index (χ3v) is 5.34. The molecule has 1 N–H and O–H groups in total. The quantitative estimate of drug-likeness (QED) is 0.532. The van der Waals surface area contributed by atoms with Crippen LogP contribution >= 0.6 is 11.6 Å². The number of rotatable bonds is 2. The molecule has 0 saturated carbocycles. The van der Waals surface area contributed by atoms with E-state index in [1.54, 1.807) is 6.33 Å². The van der Waals surface area contributed by atoms with Gasteiger partial charge < -0.3 is 5.32 Å². The molecule has 4 nitrogen and oxygen atoms in total. The molecule has 2 atom stereocenters. The van der Waals surface area contributed by atoms with Crippen molar-refractivity contribution in [1.29, 1.82) is 0 Å². The van der Waals surface area contributed by atoms with E-state index in [0.717, 1.165) is 17.4 Å². The molecule has 5 heteroatoms. The SMILES string of the molecule is Clc1ccc([C@H]2C[C@H](c3cccc4ccccc34)n3ncnc3N2)cc1. The number of hydrogen-bond acceptors (Lipinski definition) is 3. The fraction of sp³-hybridized carbons (Fsp3) is 0.143. The number of fused-ring (bicyclic) bond motifs is 2. The van der Waals surface area contributed by atoms with E-state index in [1.807, 2.05) is 16.8 Å². The van der Waals surface area contributed by atoms with Crippen LogP contribution in [0, 0.1) is 0 Å². The Bertz CT molecular complexity index is 1070. The lowest BCUT2D eigenvalue weighted by Crippen LogP contribution is -2.28. The Morgan fingerprint density at radius 2 is 1.77 bits per heavy atom.